The number of anilines is 1. The summed E-state index contributed by atoms with van der Waals surface area (Å²) in [6.07, 6.45) is 3.11. The van der Waals surface area contributed by atoms with E-state index in [0.717, 1.165) is 24.3 Å². The third-order valence-electron chi connectivity index (χ3n) is 2.47. The number of nitrogens with one attached hydrogen (secondary N) is 1. The van der Waals surface area contributed by atoms with Gasteiger partial charge in [-0.25, -0.2) is 4.98 Å². The molecule has 90 valence electrons. The lowest BCUT2D eigenvalue weighted by molar-refractivity contribution is 1.01. The number of nitrogens with zero attached hydrogens (tertiary/aromatic N) is 1. The molecule has 0 amide bonds. The molecule has 0 aliphatic rings. The van der Waals surface area contributed by atoms with Gasteiger partial charge < -0.3 is 5.32 Å². The summed E-state index contributed by atoms with van der Waals surface area (Å²) in [6.45, 7) is 2.94. The van der Waals surface area contributed by atoms with Crippen LogP contribution in [0.4, 0.5) is 5.69 Å². The van der Waals surface area contributed by atoms with Gasteiger partial charge in [0.25, 0.3) is 0 Å². The Kier molecular flexibility index (Phi) is 4.45. The SMILES string of the molecule is CCc1nc(CNc2ccc(SC)cc2)cs1. The van der Waals surface area contributed by atoms with Crippen LogP contribution in [0, 0.1) is 0 Å². The van der Waals surface area contributed by atoms with Crippen LogP contribution >= 0.6 is 23.1 Å². The molecule has 0 unspecified atom stereocenters. The third-order valence-corrected chi connectivity index (χ3v) is 4.25. The van der Waals surface area contributed by atoms with Crippen molar-refractivity contribution in [3.63, 3.8) is 0 Å². The molecule has 1 aromatic heterocycles. The highest BCUT2D eigenvalue weighted by Crippen LogP contribution is 2.18. The van der Waals surface area contributed by atoms with E-state index in [4.69, 9.17) is 0 Å². The van der Waals surface area contributed by atoms with Crippen molar-refractivity contribution in [2.75, 3.05) is 11.6 Å². The Morgan fingerprint density at radius 3 is 2.65 bits per heavy atom. The summed E-state index contributed by atoms with van der Waals surface area (Å²) < 4.78 is 0. The van der Waals surface area contributed by atoms with Crippen LogP contribution in [0.1, 0.15) is 17.6 Å². The number of aryl methyl sites for hydroxylation is 1. The second-order valence-electron chi connectivity index (χ2n) is 3.67. The van der Waals surface area contributed by atoms with Crippen LogP contribution in [0.2, 0.25) is 0 Å². The molecule has 2 nitrogen and oxygen atoms in total. The van der Waals surface area contributed by atoms with Crippen molar-refractivity contribution in [1.29, 1.82) is 0 Å². The van der Waals surface area contributed by atoms with E-state index in [1.165, 1.54) is 9.90 Å². The van der Waals surface area contributed by atoms with Gasteiger partial charge in [0, 0.05) is 16.0 Å². The molecule has 1 N–H and O–H groups in total. The summed E-state index contributed by atoms with van der Waals surface area (Å²) in [4.78, 5) is 5.82. The van der Waals surface area contributed by atoms with Gasteiger partial charge in [0.1, 0.15) is 0 Å². The molecule has 17 heavy (non-hydrogen) atoms. The number of thioether (sulfide) groups is 1. The average Bonchev–Trinajstić information content (AvgIpc) is 2.85. The highest BCUT2D eigenvalue weighted by atomic mass is 32.2. The zero-order chi connectivity index (χ0) is 12.1. The minimum absolute atomic E-state index is 0.801. The Morgan fingerprint density at radius 2 is 2.06 bits per heavy atom. The molecule has 4 heteroatoms. The average molecular weight is 264 g/mol. The smallest absolute Gasteiger partial charge is 0.0926 e. The highest BCUT2D eigenvalue weighted by molar-refractivity contribution is 7.98. The number of benzene rings is 1. The van der Waals surface area contributed by atoms with E-state index in [-0.39, 0.29) is 0 Å². The minimum atomic E-state index is 0.801. The molecule has 0 radical (unpaired) electrons. The standard InChI is InChI=1S/C13H16N2S2/c1-3-13-15-11(9-17-13)8-14-10-4-6-12(16-2)7-5-10/h4-7,9,14H,3,8H2,1-2H3. The van der Waals surface area contributed by atoms with Gasteiger partial charge in [-0.15, -0.1) is 23.1 Å². The second kappa shape index (κ2) is 6.07. The lowest BCUT2D eigenvalue weighted by atomic mass is 10.3. The molecule has 2 rings (SSSR count). The Balaban J connectivity index is 1.92. The number of aromatic nitrogens is 1. The zero-order valence-electron chi connectivity index (χ0n) is 10.1. The maximum atomic E-state index is 4.53. The van der Waals surface area contributed by atoms with Crippen LogP contribution in [0.25, 0.3) is 0 Å². The quantitative estimate of drug-likeness (QED) is 0.825. The predicted molar refractivity (Wildman–Crippen MR) is 77.0 cm³/mol. The van der Waals surface area contributed by atoms with Gasteiger partial charge in [0.05, 0.1) is 17.2 Å². The van der Waals surface area contributed by atoms with Gasteiger partial charge in [-0.3, -0.25) is 0 Å². The van der Waals surface area contributed by atoms with Crippen LogP contribution in [-0.4, -0.2) is 11.2 Å². The maximum absolute atomic E-state index is 4.53. The topological polar surface area (TPSA) is 24.9 Å². The van der Waals surface area contributed by atoms with Crippen LogP contribution < -0.4 is 5.32 Å². The van der Waals surface area contributed by atoms with Gasteiger partial charge >= 0.3 is 0 Å². The monoisotopic (exact) mass is 264 g/mol. The Morgan fingerprint density at radius 1 is 1.29 bits per heavy atom. The van der Waals surface area contributed by atoms with Gasteiger partial charge in [0.2, 0.25) is 0 Å². The number of hydrogen-bond acceptors (Lipinski definition) is 4. The van der Waals surface area contributed by atoms with E-state index in [9.17, 15) is 0 Å². The van der Waals surface area contributed by atoms with Crippen molar-refractivity contribution in [2.24, 2.45) is 0 Å². The first-order valence-electron chi connectivity index (χ1n) is 5.63. The van der Waals surface area contributed by atoms with E-state index in [2.05, 4.69) is 53.1 Å². The summed E-state index contributed by atoms with van der Waals surface area (Å²) in [6, 6.07) is 8.48. The number of hydrogen-bond donors (Lipinski definition) is 1. The van der Waals surface area contributed by atoms with Crippen LogP contribution in [0.15, 0.2) is 34.5 Å². The molecule has 0 aliphatic carbocycles. The molecule has 0 saturated heterocycles. The molecule has 0 fully saturated rings. The Bertz CT molecular complexity index is 463. The molecular formula is C13H16N2S2. The normalized spacial score (nSPS) is 10.5. The Labute approximate surface area is 110 Å². The van der Waals surface area contributed by atoms with Crippen LogP contribution in [0.5, 0.6) is 0 Å². The maximum Gasteiger partial charge on any atom is 0.0926 e. The minimum Gasteiger partial charge on any atom is -0.379 e. The fraction of sp³-hybridized carbons (Fsp3) is 0.308. The summed E-state index contributed by atoms with van der Waals surface area (Å²) >= 11 is 3.50. The number of rotatable bonds is 5. The van der Waals surface area contributed by atoms with Gasteiger partial charge in [-0.05, 0) is 36.9 Å². The molecule has 1 aromatic carbocycles. The predicted octanol–water partition coefficient (Wildman–Crippen LogP) is 4.04. The summed E-state index contributed by atoms with van der Waals surface area (Å²) in [5.74, 6) is 0. The highest BCUT2D eigenvalue weighted by Gasteiger charge is 2.00. The molecule has 2 aromatic rings. The van der Waals surface area contributed by atoms with Gasteiger partial charge in [0.15, 0.2) is 0 Å². The van der Waals surface area contributed by atoms with E-state index in [1.807, 2.05) is 0 Å². The fourth-order valence-electron chi connectivity index (χ4n) is 1.49. The summed E-state index contributed by atoms with van der Waals surface area (Å²) in [5, 5.41) is 6.72. The van der Waals surface area contributed by atoms with Gasteiger partial charge in [-0.1, -0.05) is 6.92 Å². The van der Waals surface area contributed by atoms with Crippen molar-refractivity contribution in [3.05, 3.63) is 40.3 Å². The van der Waals surface area contributed by atoms with Crippen molar-refractivity contribution >= 4 is 28.8 Å². The lowest BCUT2D eigenvalue weighted by Gasteiger charge is -2.04. The van der Waals surface area contributed by atoms with Crippen molar-refractivity contribution < 1.29 is 0 Å². The molecule has 1 heterocycles. The first-order chi connectivity index (χ1) is 8.31. The first kappa shape index (κ1) is 12.5. The van der Waals surface area contributed by atoms with E-state index < -0.39 is 0 Å². The number of thiazole rings is 1. The van der Waals surface area contributed by atoms with Crippen molar-refractivity contribution in [1.82, 2.24) is 4.98 Å². The van der Waals surface area contributed by atoms with E-state index in [0.29, 0.717) is 0 Å². The fourth-order valence-corrected chi connectivity index (χ4v) is 2.65. The summed E-state index contributed by atoms with van der Waals surface area (Å²) in [7, 11) is 0. The van der Waals surface area contributed by atoms with Crippen LogP contribution in [-0.2, 0) is 13.0 Å². The largest absolute Gasteiger partial charge is 0.379 e. The van der Waals surface area contributed by atoms with Crippen LogP contribution in [0.3, 0.4) is 0 Å². The molecule has 0 spiro atoms. The third kappa shape index (κ3) is 3.48. The Hall–Kier alpha value is -1.00. The molecular weight excluding hydrogens is 248 g/mol. The van der Waals surface area contributed by atoms with Gasteiger partial charge in [-0.2, -0.15) is 0 Å². The molecule has 0 saturated carbocycles. The lowest BCUT2D eigenvalue weighted by Crippen LogP contribution is -1.99. The van der Waals surface area contributed by atoms with E-state index in [1.54, 1.807) is 23.1 Å². The van der Waals surface area contributed by atoms with Crippen molar-refractivity contribution in [2.45, 2.75) is 24.8 Å². The van der Waals surface area contributed by atoms with E-state index >= 15 is 0 Å². The second-order valence-corrected chi connectivity index (χ2v) is 5.49. The first-order valence-corrected chi connectivity index (χ1v) is 7.73. The molecule has 0 atom stereocenters. The summed E-state index contributed by atoms with van der Waals surface area (Å²) in [5.41, 5.74) is 2.27. The van der Waals surface area contributed by atoms with Crippen molar-refractivity contribution in [3.8, 4) is 0 Å². The molecule has 0 aliphatic heterocycles. The molecule has 0 bridgehead atoms. The zero-order valence-corrected chi connectivity index (χ0v) is 11.7.